The second kappa shape index (κ2) is 4.65. The maximum absolute atomic E-state index is 10.8. The summed E-state index contributed by atoms with van der Waals surface area (Å²) in [6.07, 6.45) is -0.815. The Morgan fingerprint density at radius 3 is 2.35 bits per heavy atom. The molecule has 2 rings (SSSR count). The number of carbonyl (C=O) groups is 1. The predicted molar refractivity (Wildman–Crippen MR) is 67.7 cm³/mol. The van der Waals surface area contributed by atoms with Gasteiger partial charge in [-0.3, -0.25) is 0 Å². The van der Waals surface area contributed by atoms with E-state index in [0.717, 1.165) is 13.1 Å². The Kier molecular flexibility index (Phi) is 3.22. The van der Waals surface area contributed by atoms with Gasteiger partial charge in [-0.15, -0.1) is 0 Å². The summed E-state index contributed by atoms with van der Waals surface area (Å²) in [6.45, 7) is 6.91. The minimum absolute atomic E-state index is 0.586. The van der Waals surface area contributed by atoms with E-state index in [0.29, 0.717) is 13.1 Å². The van der Waals surface area contributed by atoms with Crippen molar-refractivity contribution in [3.05, 3.63) is 29.3 Å². The summed E-state index contributed by atoms with van der Waals surface area (Å²) in [5.41, 5.74) is 3.74. The van der Waals surface area contributed by atoms with E-state index in [1.807, 2.05) is 0 Å². The molecule has 17 heavy (non-hydrogen) atoms. The van der Waals surface area contributed by atoms with Crippen LogP contribution in [-0.2, 0) is 0 Å². The van der Waals surface area contributed by atoms with Gasteiger partial charge in [-0.1, -0.05) is 17.7 Å². The number of hydrogen-bond acceptors (Lipinski definition) is 2. The molecule has 1 saturated heterocycles. The third-order valence-corrected chi connectivity index (χ3v) is 3.24. The average Bonchev–Trinajstić information content (AvgIpc) is 2.29. The molecule has 92 valence electrons. The summed E-state index contributed by atoms with van der Waals surface area (Å²) >= 11 is 0. The SMILES string of the molecule is Cc1ccc(N2CCN(C(=O)O)CC2)c(C)c1. The maximum atomic E-state index is 10.8. The average molecular weight is 234 g/mol. The highest BCUT2D eigenvalue weighted by molar-refractivity contribution is 5.65. The molecule has 0 atom stereocenters. The zero-order chi connectivity index (χ0) is 12.4. The molecule has 0 aromatic heterocycles. The van der Waals surface area contributed by atoms with Crippen LogP contribution in [0.4, 0.5) is 10.5 Å². The number of carboxylic acid groups (broad SMARTS) is 1. The topological polar surface area (TPSA) is 43.8 Å². The van der Waals surface area contributed by atoms with Gasteiger partial charge in [0, 0.05) is 31.9 Å². The monoisotopic (exact) mass is 234 g/mol. The van der Waals surface area contributed by atoms with E-state index >= 15 is 0 Å². The van der Waals surface area contributed by atoms with Crippen molar-refractivity contribution in [2.75, 3.05) is 31.1 Å². The first-order valence-corrected chi connectivity index (χ1v) is 5.88. The van der Waals surface area contributed by atoms with Gasteiger partial charge in [0.15, 0.2) is 0 Å². The Hall–Kier alpha value is -1.71. The molecular formula is C13H18N2O2. The molecule has 0 aliphatic carbocycles. The molecule has 0 saturated carbocycles. The molecule has 4 heteroatoms. The van der Waals surface area contributed by atoms with Crippen LogP contribution in [0.15, 0.2) is 18.2 Å². The Balaban J connectivity index is 2.08. The lowest BCUT2D eigenvalue weighted by molar-refractivity contribution is 0.142. The number of nitrogens with zero attached hydrogens (tertiary/aromatic N) is 2. The van der Waals surface area contributed by atoms with E-state index in [9.17, 15) is 4.79 Å². The molecule has 0 spiro atoms. The van der Waals surface area contributed by atoms with Crippen LogP contribution in [0.3, 0.4) is 0 Å². The molecule has 1 aliphatic heterocycles. The van der Waals surface area contributed by atoms with Crippen molar-refractivity contribution in [3.8, 4) is 0 Å². The number of benzene rings is 1. The molecule has 1 aliphatic rings. The van der Waals surface area contributed by atoms with E-state index in [4.69, 9.17) is 5.11 Å². The van der Waals surface area contributed by atoms with Crippen LogP contribution < -0.4 is 4.90 Å². The van der Waals surface area contributed by atoms with Crippen LogP contribution in [0.1, 0.15) is 11.1 Å². The Bertz CT molecular complexity index is 423. The smallest absolute Gasteiger partial charge is 0.407 e. The fraction of sp³-hybridized carbons (Fsp3) is 0.462. The van der Waals surface area contributed by atoms with Gasteiger partial charge >= 0.3 is 6.09 Å². The summed E-state index contributed by atoms with van der Waals surface area (Å²) in [4.78, 5) is 14.5. The molecule has 0 bridgehead atoms. The summed E-state index contributed by atoms with van der Waals surface area (Å²) in [5.74, 6) is 0. The lowest BCUT2D eigenvalue weighted by Crippen LogP contribution is -2.48. The van der Waals surface area contributed by atoms with Crippen LogP contribution in [-0.4, -0.2) is 42.3 Å². The first kappa shape index (κ1) is 11.8. The van der Waals surface area contributed by atoms with Crippen molar-refractivity contribution in [3.63, 3.8) is 0 Å². The van der Waals surface area contributed by atoms with Crippen LogP contribution in [0.2, 0.25) is 0 Å². The first-order valence-electron chi connectivity index (χ1n) is 5.88. The molecule has 1 amide bonds. The molecule has 1 fully saturated rings. The van der Waals surface area contributed by atoms with Crippen LogP contribution in [0.5, 0.6) is 0 Å². The molecule has 0 radical (unpaired) electrons. The zero-order valence-electron chi connectivity index (χ0n) is 10.3. The first-order chi connectivity index (χ1) is 8.08. The van der Waals surface area contributed by atoms with Gasteiger partial charge < -0.3 is 14.9 Å². The van der Waals surface area contributed by atoms with Gasteiger partial charge in [-0.05, 0) is 25.5 Å². The minimum atomic E-state index is -0.815. The standard InChI is InChI=1S/C13H18N2O2/c1-10-3-4-12(11(2)9-10)14-5-7-15(8-6-14)13(16)17/h3-4,9H,5-8H2,1-2H3,(H,16,17). The molecule has 1 N–H and O–H groups in total. The Morgan fingerprint density at radius 2 is 1.82 bits per heavy atom. The number of aryl methyl sites for hydroxylation is 2. The van der Waals surface area contributed by atoms with E-state index in [1.165, 1.54) is 21.7 Å². The summed E-state index contributed by atoms with van der Waals surface area (Å²) in [7, 11) is 0. The van der Waals surface area contributed by atoms with Crippen molar-refractivity contribution in [2.24, 2.45) is 0 Å². The second-order valence-electron chi connectivity index (χ2n) is 4.55. The van der Waals surface area contributed by atoms with Crippen molar-refractivity contribution >= 4 is 11.8 Å². The summed E-state index contributed by atoms with van der Waals surface area (Å²) in [5, 5.41) is 8.89. The van der Waals surface area contributed by atoms with E-state index < -0.39 is 6.09 Å². The van der Waals surface area contributed by atoms with E-state index in [-0.39, 0.29) is 0 Å². The van der Waals surface area contributed by atoms with Crippen molar-refractivity contribution in [1.82, 2.24) is 4.90 Å². The van der Waals surface area contributed by atoms with Crippen molar-refractivity contribution in [2.45, 2.75) is 13.8 Å². The fourth-order valence-corrected chi connectivity index (χ4v) is 2.30. The number of anilines is 1. The zero-order valence-corrected chi connectivity index (χ0v) is 10.3. The van der Waals surface area contributed by atoms with Gasteiger partial charge in [0.2, 0.25) is 0 Å². The van der Waals surface area contributed by atoms with E-state index in [2.05, 4.69) is 36.9 Å². The molecule has 1 aromatic carbocycles. The fourth-order valence-electron chi connectivity index (χ4n) is 2.30. The second-order valence-corrected chi connectivity index (χ2v) is 4.55. The highest BCUT2D eigenvalue weighted by Crippen LogP contribution is 2.22. The van der Waals surface area contributed by atoms with Crippen LogP contribution in [0.25, 0.3) is 0 Å². The van der Waals surface area contributed by atoms with Gasteiger partial charge in [0.1, 0.15) is 0 Å². The quantitative estimate of drug-likeness (QED) is 0.809. The Morgan fingerprint density at radius 1 is 1.18 bits per heavy atom. The normalized spacial score (nSPS) is 16.1. The van der Waals surface area contributed by atoms with Crippen molar-refractivity contribution in [1.29, 1.82) is 0 Å². The lowest BCUT2D eigenvalue weighted by Gasteiger charge is -2.35. The predicted octanol–water partition coefficient (Wildman–Crippen LogP) is 2.10. The van der Waals surface area contributed by atoms with E-state index in [1.54, 1.807) is 0 Å². The lowest BCUT2D eigenvalue weighted by atomic mass is 10.1. The van der Waals surface area contributed by atoms with Gasteiger partial charge in [0.25, 0.3) is 0 Å². The van der Waals surface area contributed by atoms with Crippen molar-refractivity contribution < 1.29 is 9.90 Å². The highest BCUT2D eigenvalue weighted by Gasteiger charge is 2.21. The minimum Gasteiger partial charge on any atom is -0.465 e. The third-order valence-electron chi connectivity index (χ3n) is 3.24. The van der Waals surface area contributed by atoms with Crippen LogP contribution in [0, 0.1) is 13.8 Å². The molecule has 1 aromatic rings. The number of amides is 1. The molecular weight excluding hydrogens is 216 g/mol. The number of hydrogen-bond donors (Lipinski definition) is 1. The van der Waals surface area contributed by atoms with Gasteiger partial charge in [-0.2, -0.15) is 0 Å². The molecule has 4 nitrogen and oxygen atoms in total. The Labute approximate surface area is 101 Å². The summed E-state index contributed by atoms with van der Waals surface area (Å²) < 4.78 is 0. The number of piperazine rings is 1. The molecule has 1 heterocycles. The summed E-state index contributed by atoms with van der Waals surface area (Å²) in [6, 6.07) is 6.39. The highest BCUT2D eigenvalue weighted by atomic mass is 16.4. The maximum Gasteiger partial charge on any atom is 0.407 e. The van der Waals surface area contributed by atoms with Gasteiger partial charge in [0.05, 0.1) is 0 Å². The van der Waals surface area contributed by atoms with Gasteiger partial charge in [-0.25, -0.2) is 4.79 Å². The molecule has 0 unspecified atom stereocenters. The third kappa shape index (κ3) is 2.52. The van der Waals surface area contributed by atoms with Crippen LogP contribution >= 0.6 is 0 Å². The largest absolute Gasteiger partial charge is 0.465 e. The number of rotatable bonds is 1.